The van der Waals surface area contributed by atoms with Gasteiger partial charge in [-0.2, -0.15) is 0 Å². The lowest BCUT2D eigenvalue weighted by atomic mass is 10.1. The summed E-state index contributed by atoms with van der Waals surface area (Å²) in [5.41, 5.74) is 0.541. The summed E-state index contributed by atoms with van der Waals surface area (Å²) in [5.74, 6) is 0.147. The van der Waals surface area contributed by atoms with Crippen LogP contribution in [-0.4, -0.2) is 51.6 Å². The van der Waals surface area contributed by atoms with Gasteiger partial charge in [0.05, 0.1) is 18.2 Å². The van der Waals surface area contributed by atoms with E-state index in [9.17, 15) is 13.9 Å². The lowest BCUT2D eigenvalue weighted by Crippen LogP contribution is -2.41. The summed E-state index contributed by atoms with van der Waals surface area (Å²) in [6.07, 6.45) is 0.171. The Kier molecular flexibility index (Phi) is 4.88. The zero-order valence-corrected chi connectivity index (χ0v) is 16.1. The fourth-order valence-corrected chi connectivity index (χ4v) is 5.02. The third-order valence-corrected chi connectivity index (χ3v) is 6.15. The lowest BCUT2D eigenvalue weighted by Gasteiger charge is -2.29. The van der Waals surface area contributed by atoms with E-state index in [4.69, 9.17) is 4.74 Å². The van der Waals surface area contributed by atoms with Crippen molar-refractivity contribution in [1.29, 1.82) is 0 Å². The minimum absolute atomic E-state index is 0.171. The smallest absolute Gasteiger partial charge is 0.123 e. The molecule has 2 atom stereocenters. The van der Waals surface area contributed by atoms with Gasteiger partial charge in [0.25, 0.3) is 0 Å². The third kappa shape index (κ3) is 3.69. The SMILES string of the molecule is COC1CSN(CC(C)(O)Cn2c3ccc(F)cc3c3cc(F)ccc32)C1. The lowest BCUT2D eigenvalue weighted by molar-refractivity contribution is 0.0222. The van der Waals surface area contributed by atoms with Crippen molar-refractivity contribution in [2.24, 2.45) is 0 Å². The van der Waals surface area contributed by atoms with Crippen molar-refractivity contribution in [3.05, 3.63) is 48.0 Å². The predicted octanol–water partition coefficient (Wildman–Crippen LogP) is 3.80. The number of nitrogens with zero attached hydrogens (tertiary/aromatic N) is 2. The van der Waals surface area contributed by atoms with Crippen molar-refractivity contribution in [1.82, 2.24) is 8.87 Å². The number of aliphatic hydroxyl groups is 1. The Hall–Kier alpha value is -1.67. The van der Waals surface area contributed by atoms with Crippen molar-refractivity contribution in [3.63, 3.8) is 0 Å². The largest absolute Gasteiger partial charge is 0.387 e. The average molecular weight is 392 g/mol. The number of fused-ring (bicyclic) bond motifs is 3. The topological polar surface area (TPSA) is 37.6 Å². The average Bonchev–Trinajstić information content (AvgIpc) is 3.17. The highest BCUT2D eigenvalue weighted by molar-refractivity contribution is 7.97. The Morgan fingerprint density at radius 2 is 1.70 bits per heavy atom. The monoisotopic (exact) mass is 392 g/mol. The van der Waals surface area contributed by atoms with E-state index in [0.717, 1.165) is 23.3 Å². The number of halogens is 2. The zero-order chi connectivity index (χ0) is 19.2. The first-order valence-corrected chi connectivity index (χ1v) is 9.80. The number of benzene rings is 2. The summed E-state index contributed by atoms with van der Waals surface area (Å²) < 4.78 is 37.0. The summed E-state index contributed by atoms with van der Waals surface area (Å²) in [7, 11) is 1.70. The van der Waals surface area contributed by atoms with Crippen LogP contribution in [0, 0.1) is 11.6 Å². The summed E-state index contributed by atoms with van der Waals surface area (Å²) in [6, 6.07) is 8.99. The molecule has 0 saturated carbocycles. The molecule has 1 aliphatic rings. The fraction of sp³-hybridized carbons (Fsp3) is 0.400. The van der Waals surface area contributed by atoms with Gasteiger partial charge in [0, 0.05) is 47.8 Å². The van der Waals surface area contributed by atoms with E-state index < -0.39 is 5.60 Å². The Bertz CT molecular complexity index is 930. The molecule has 1 aromatic heterocycles. The van der Waals surface area contributed by atoms with E-state index in [1.165, 1.54) is 24.3 Å². The van der Waals surface area contributed by atoms with Crippen molar-refractivity contribution < 1.29 is 18.6 Å². The third-order valence-electron chi connectivity index (χ3n) is 4.99. The van der Waals surface area contributed by atoms with Gasteiger partial charge in [-0.25, -0.2) is 13.1 Å². The maximum Gasteiger partial charge on any atom is 0.123 e. The molecular weight excluding hydrogens is 370 g/mol. The van der Waals surface area contributed by atoms with Crippen molar-refractivity contribution in [2.45, 2.75) is 25.2 Å². The summed E-state index contributed by atoms with van der Waals surface area (Å²) in [6.45, 7) is 3.35. The number of hydrogen-bond acceptors (Lipinski definition) is 4. The van der Waals surface area contributed by atoms with Gasteiger partial charge in [-0.05, 0) is 43.3 Å². The second-order valence-corrected chi connectivity index (χ2v) is 8.49. The molecular formula is C20H22F2N2O2S. The number of aromatic nitrogens is 1. The van der Waals surface area contributed by atoms with Crippen LogP contribution in [0.25, 0.3) is 21.8 Å². The molecule has 144 valence electrons. The van der Waals surface area contributed by atoms with Crippen LogP contribution in [0.15, 0.2) is 36.4 Å². The van der Waals surface area contributed by atoms with Gasteiger partial charge in [0.2, 0.25) is 0 Å². The molecule has 1 aliphatic heterocycles. The molecule has 2 heterocycles. The molecule has 0 aliphatic carbocycles. The molecule has 2 unspecified atom stereocenters. The fourth-order valence-electron chi connectivity index (χ4n) is 3.76. The molecule has 1 saturated heterocycles. The van der Waals surface area contributed by atoms with E-state index in [1.807, 2.05) is 4.57 Å². The molecule has 4 nitrogen and oxygen atoms in total. The quantitative estimate of drug-likeness (QED) is 0.670. The molecule has 1 N–H and O–H groups in total. The van der Waals surface area contributed by atoms with E-state index in [0.29, 0.717) is 23.9 Å². The highest BCUT2D eigenvalue weighted by Gasteiger charge is 2.31. The van der Waals surface area contributed by atoms with E-state index in [1.54, 1.807) is 38.1 Å². The highest BCUT2D eigenvalue weighted by atomic mass is 32.2. The molecule has 3 aromatic rings. The van der Waals surface area contributed by atoms with Crippen molar-refractivity contribution in [2.75, 3.05) is 26.0 Å². The Morgan fingerprint density at radius 3 is 2.22 bits per heavy atom. The van der Waals surface area contributed by atoms with Gasteiger partial charge in [-0.3, -0.25) is 0 Å². The Balaban J connectivity index is 1.70. The minimum atomic E-state index is -1.02. The van der Waals surface area contributed by atoms with E-state index >= 15 is 0 Å². The maximum absolute atomic E-state index is 13.8. The maximum atomic E-state index is 13.8. The summed E-state index contributed by atoms with van der Waals surface area (Å²) in [5, 5.41) is 12.4. The van der Waals surface area contributed by atoms with Crippen LogP contribution in [0.1, 0.15) is 6.92 Å². The normalized spacial score (nSPS) is 20.6. The van der Waals surface area contributed by atoms with E-state index in [2.05, 4.69) is 4.31 Å². The number of methoxy groups -OCH3 is 1. The first-order valence-electron chi connectivity index (χ1n) is 8.86. The second-order valence-electron chi connectivity index (χ2n) is 7.38. The number of β-amino-alcohol motifs (C(OH)–C–C–N with tert-alkyl or cyclic N) is 1. The molecule has 4 rings (SSSR count). The van der Waals surface area contributed by atoms with Gasteiger partial charge in [-0.1, -0.05) is 11.9 Å². The van der Waals surface area contributed by atoms with Crippen LogP contribution in [0.4, 0.5) is 8.78 Å². The number of ether oxygens (including phenoxy) is 1. The van der Waals surface area contributed by atoms with Crippen molar-refractivity contribution in [3.8, 4) is 0 Å². The van der Waals surface area contributed by atoms with Gasteiger partial charge in [0.15, 0.2) is 0 Å². The van der Waals surface area contributed by atoms with Gasteiger partial charge >= 0.3 is 0 Å². The van der Waals surface area contributed by atoms with Crippen LogP contribution in [0.5, 0.6) is 0 Å². The zero-order valence-electron chi connectivity index (χ0n) is 15.3. The van der Waals surface area contributed by atoms with Gasteiger partial charge < -0.3 is 14.4 Å². The first-order chi connectivity index (χ1) is 12.9. The van der Waals surface area contributed by atoms with Gasteiger partial charge in [-0.15, -0.1) is 0 Å². The molecule has 0 bridgehead atoms. The molecule has 27 heavy (non-hydrogen) atoms. The predicted molar refractivity (Wildman–Crippen MR) is 105 cm³/mol. The van der Waals surface area contributed by atoms with Crippen LogP contribution in [0.2, 0.25) is 0 Å². The highest BCUT2D eigenvalue weighted by Crippen LogP contribution is 2.32. The first kappa shape index (κ1) is 18.7. The summed E-state index contributed by atoms with van der Waals surface area (Å²) >= 11 is 1.67. The summed E-state index contributed by atoms with van der Waals surface area (Å²) in [4.78, 5) is 0. The molecule has 0 amide bonds. The Morgan fingerprint density at radius 1 is 1.11 bits per heavy atom. The molecule has 1 fully saturated rings. The van der Waals surface area contributed by atoms with E-state index in [-0.39, 0.29) is 17.7 Å². The molecule has 2 aromatic carbocycles. The van der Waals surface area contributed by atoms with Gasteiger partial charge in [0.1, 0.15) is 11.6 Å². The number of rotatable bonds is 5. The Labute approximate surface area is 160 Å². The second kappa shape index (κ2) is 7.05. The molecule has 7 heteroatoms. The number of hydrogen-bond donors (Lipinski definition) is 1. The van der Waals surface area contributed by atoms with Crippen LogP contribution in [0.3, 0.4) is 0 Å². The molecule has 0 spiro atoms. The standard InChI is InChI=1S/C20H22F2N2O2S/c1-20(25,11-23-9-15(26-2)10-27-23)12-24-18-5-3-13(21)7-16(18)17-8-14(22)4-6-19(17)24/h3-8,15,25H,9-12H2,1-2H3. The minimum Gasteiger partial charge on any atom is -0.387 e. The van der Waals surface area contributed by atoms with Crippen LogP contribution < -0.4 is 0 Å². The van der Waals surface area contributed by atoms with Crippen LogP contribution >= 0.6 is 11.9 Å². The molecule has 0 radical (unpaired) electrons. The van der Waals surface area contributed by atoms with Crippen molar-refractivity contribution >= 4 is 33.8 Å². The van der Waals surface area contributed by atoms with Crippen LogP contribution in [-0.2, 0) is 11.3 Å².